The second-order valence-corrected chi connectivity index (χ2v) is 7.24. The smallest absolute Gasteiger partial charge is 0.313 e. The molecule has 0 aromatic carbocycles. The summed E-state index contributed by atoms with van der Waals surface area (Å²) < 4.78 is 0.677. The van der Waals surface area contributed by atoms with Gasteiger partial charge >= 0.3 is 5.97 Å². The highest BCUT2D eigenvalue weighted by Gasteiger charge is 2.14. The largest absolute Gasteiger partial charge is 0.481 e. The SMILES string of the molecule is CCCC(Nc1nnc(SCC(=O)O)s1)c1cccs1. The van der Waals surface area contributed by atoms with Crippen molar-refractivity contribution in [2.45, 2.75) is 30.1 Å². The Morgan fingerprint density at radius 1 is 1.55 bits per heavy atom. The predicted molar refractivity (Wildman–Crippen MR) is 83.9 cm³/mol. The predicted octanol–water partition coefficient (Wildman–Crippen LogP) is 3.73. The minimum absolute atomic E-state index is 0.0119. The number of nitrogens with zero attached hydrogens (tertiary/aromatic N) is 2. The maximum Gasteiger partial charge on any atom is 0.313 e. The van der Waals surface area contributed by atoms with Gasteiger partial charge in [0.2, 0.25) is 5.13 Å². The maximum atomic E-state index is 10.5. The first-order valence-electron chi connectivity index (χ1n) is 6.17. The first-order chi connectivity index (χ1) is 9.69. The van der Waals surface area contributed by atoms with Crippen LogP contribution < -0.4 is 5.32 Å². The number of anilines is 1. The summed E-state index contributed by atoms with van der Waals surface area (Å²) in [6.45, 7) is 2.15. The number of nitrogens with one attached hydrogen (secondary N) is 1. The third kappa shape index (κ3) is 4.46. The summed E-state index contributed by atoms with van der Waals surface area (Å²) in [4.78, 5) is 11.8. The van der Waals surface area contributed by atoms with Crippen molar-refractivity contribution in [1.29, 1.82) is 0 Å². The van der Waals surface area contributed by atoms with Crippen molar-refractivity contribution in [1.82, 2.24) is 10.2 Å². The van der Waals surface area contributed by atoms with Crippen molar-refractivity contribution in [3.63, 3.8) is 0 Å². The van der Waals surface area contributed by atoms with Crippen LogP contribution in [0.3, 0.4) is 0 Å². The van der Waals surface area contributed by atoms with Gasteiger partial charge in [0, 0.05) is 4.88 Å². The molecule has 2 aromatic rings. The zero-order valence-corrected chi connectivity index (χ0v) is 13.4. The monoisotopic (exact) mass is 329 g/mol. The van der Waals surface area contributed by atoms with E-state index in [4.69, 9.17) is 5.11 Å². The van der Waals surface area contributed by atoms with E-state index in [-0.39, 0.29) is 11.8 Å². The summed E-state index contributed by atoms with van der Waals surface area (Å²) in [6, 6.07) is 4.39. The van der Waals surface area contributed by atoms with Crippen molar-refractivity contribution in [3.05, 3.63) is 22.4 Å². The van der Waals surface area contributed by atoms with Gasteiger partial charge < -0.3 is 10.4 Å². The fourth-order valence-corrected chi connectivity index (χ4v) is 4.00. The van der Waals surface area contributed by atoms with Gasteiger partial charge in [-0.1, -0.05) is 42.5 Å². The molecule has 2 heterocycles. The normalized spacial score (nSPS) is 12.2. The number of thioether (sulfide) groups is 1. The quantitative estimate of drug-likeness (QED) is 0.719. The molecule has 0 aliphatic rings. The number of carboxylic acids is 1. The molecule has 0 aliphatic heterocycles. The Morgan fingerprint density at radius 3 is 3.05 bits per heavy atom. The lowest BCUT2D eigenvalue weighted by Crippen LogP contribution is -2.08. The molecule has 5 nitrogen and oxygen atoms in total. The number of thiophene rings is 1. The lowest BCUT2D eigenvalue weighted by atomic mass is 10.1. The first kappa shape index (κ1) is 15.3. The molecule has 2 aromatic heterocycles. The second kappa shape index (κ2) is 7.61. The van der Waals surface area contributed by atoms with Gasteiger partial charge in [0.25, 0.3) is 0 Å². The topological polar surface area (TPSA) is 75.1 Å². The summed E-state index contributed by atoms with van der Waals surface area (Å²) >= 11 is 4.31. The van der Waals surface area contributed by atoms with E-state index in [0.29, 0.717) is 4.34 Å². The first-order valence-corrected chi connectivity index (χ1v) is 8.85. The number of carboxylic acid groups (broad SMARTS) is 1. The summed E-state index contributed by atoms with van der Waals surface area (Å²) in [6.07, 6.45) is 2.10. The van der Waals surface area contributed by atoms with Crippen LogP contribution in [0.15, 0.2) is 21.9 Å². The van der Waals surface area contributed by atoms with E-state index in [0.717, 1.165) is 18.0 Å². The summed E-state index contributed by atoms with van der Waals surface area (Å²) in [5, 5.41) is 22.9. The molecule has 0 radical (unpaired) electrons. The van der Waals surface area contributed by atoms with Crippen molar-refractivity contribution in [2.75, 3.05) is 11.1 Å². The molecule has 20 heavy (non-hydrogen) atoms. The third-order valence-electron chi connectivity index (χ3n) is 2.49. The lowest BCUT2D eigenvalue weighted by Gasteiger charge is -2.15. The molecular formula is C12H15N3O2S3. The van der Waals surface area contributed by atoms with Gasteiger partial charge in [-0.3, -0.25) is 4.79 Å². The van der Waals surface area contributed by atoms with E-state index >= 15 is 0 Å². The van der Waals surface area contributed by atoms with Crippen LogP contribution in [0.1, 0.15) is 30.7 Å². The Kier molecular flexibility index (Phi) is 5.81. The second-order valence-electron chi connectivity index (χ2n) is 4.06. The van der Waals surface area contributed by atoms with E-state index < -0.39 is 5.97 Å². The van der Waals surface area contributed by atoms with Gasteiger partial charge in [-0.15, -0.1) is 21.5 Å². The Hall–Kier alpha value is -1.12. The van der Waals surface area contributed by atoms with Crippen LogP contribution in [-0.2, 0) is 4.79 Å². The minimum Gasteiger partial charge on any atom is -0.481 e. The fraction of sp³-hybridized carbons (Fsp3) is 0.417. The highest BCUT2D eigenvalue weighted by Crippen LogP contribution is 2.31. The molecule has 0 saturated carbocycles. The van der Waals surface area contributed by atoms with Gasteiger partial charge in [0.1, 0.15) is 0 Å². The van der Waals surface area contributed by atoms with E-state index in [1.807, 2.05) is 6.07 Å². The van der Waals surface area contributed by atoms with Crippen molar-refractivity contribution in [3.8, 4) is 0 Å². The lowest BCUT2D eigenvalue weighted by molar-refractivity contribution is -0.133. The van der Waals surface area contributed by atoms with Crippen LogP contribution in [0.25, 0.3) is 0 Å². The molecule has 0 saturated heterocycles. The van der Waals surface area contributed by atoms with Crippen molar-refractivity contribution < 1.29 is 9.90 Å². The van der Waals surface area contributed by atoms with E-state index in [1.54, 1.807) is 11.3 Å². The summed E-state index contributed by atoms with van der Waals surface area (Å²) in [7, 11) is 0. The van der Waals surface area contributed by atoms with Crippen LogP contribution in [0.5, 0.6) is 0 Å². The maximum absolute atomic E-state index is 10.5. The summed E-state index contributed by atoms with van der Waals surface area (Å²) in [5.74, 6) is -0.833. The molecule has 1 atom stereocenters. The number of hydrogen-bond donors (Lipinski definition) is 2. The van der Waals surface area contributed by atoms with E-state index in [1.165, 1.54) is 28.0 Å². The summed E-state index contributed by atoms with van der Waals surface area (Å²) in [5.41, 5.74) is 0. The third-order valence-corrected chi connectivity index (χ3v) is 5.45. The Morgan fingerprint density at radius 2 is 2.40 bits per heavy atom. The van der Waals surface area contributed by atoms with Gasteiger partial charge in [-0.25, -0.2) is 0 Å². The number of carbonyl (C=O) groups is 1. The molecule has 0 amide bonds. The van der Waals surface area contributed by atoms with E-state index in [9.17, 15) is 4.79 Å². The molecule has 8 heteroatoms. The number of aromatic nitrogens is 2. The van der Waals surface area contributed by atoms with Gasteiger partial charge in [0.05, 0.1) is 11.8 Å². The Labute approximate surface area is 129 Å². The molecule has 2 N–H and O–H groups in total. The number of hydrogen-bond acceptors (Lipinski definition) is 7. The minimum atomic E-state index is -0.845. The van der Waals surface area contributed by atoms with Gasteiger partial charge in [-0.2, -0.15) is 0 Å². The molecular weight excluding hydrogens is 314 g/mol. The van der Waals surface area contributed by atoms with Gasteiger partial charge in [-0.05, 0) is 17.9 Å². The Balaban J connectivity index is 1.98. The zero-order valence-electron chi connectivity index (χ0n) is 10.9. The molecule has 108 valence electrons. The number of aliphatic carboxylic acids is 1. The number of rotatable bonds is 8. The fourth-order valence-electron chi connectivity index (χ4n) is 1.66. The van der Waals surface area contributed by atoms with Crippen LogP contribution in [0, 0.1) is 0 Å². The Bertz CT molecular complexity index is 542. The van der Waals surface area contributed by atoms with Crippen LogP contribution in [0.4, 0.5) is 5.13 Å². The zero-order chi connectivity index (χ0) is 14.4. The van der Waals surface area contributed by atoms with Crippen LogP contribution in [0.2, 0.25) is 0 Å². The molecule has 2 rings (SSSR count). The standard InChI is InChI=1S/C12H15N3O2S3/c1-2-4-8(9-5-3-6-18-9)13-11-14-15-12(20-11)19-7-10(16)17/h3,5-6,8H,2,4,7H2,1H3,(H,13,14)(H,16,17). The van der Waals surface area contributed by atoms with Crippen LogP contribution in [-0.4, -0.2) is 27.0 Å². The highest BCUT2D eigenvalue weighted by molar-refractivity contribution is 8.01. The van der Waals surface area contributed by atoms with Crippen LogP contribution >= 0.6 is 34.4 Å². The molecule has 0 aliphatic carbocycles. The van der Waals surface area contributed by atoms with Crippen molar-refractivity contribution >= 4 is 45.5 Å². The molecule has 0 bridgehead atoms. The van der Waals surface area contributed by atoms with Crippen molar-refractivity contribution in [2.24, 2.45) is 0 Å². The highest BCUT2D eigenvalue weighted by atomic mass is 32.2. The molecule has 0 fully saturated rings. The average molecular weight is 329 g/mol. The molecule has 0 spiro atoms. The van der Waals surface area contributed by atoms with E-state index in [2.05, 4.69) is 33.9 Å². The average Bonchev–Trinajstić information content (AvgIpc) is 3.07. The molecule has 1 unspecified atom stereocenters. The van der Waals surface area contributed by atoms with Gasteiger partial charge in [0.15, 0.2) is 4.34 Å².